The van der Waals surface area contributed by atoms with E-state index in [1.807, 2.05) is 0 Å². The molecule has 1 amide bonds. The number of anilines is 1. The molecule has 1 aromatic heterocycles. The lowest BCUT2D eigenvalue weighted by molar-refractivity contribution is -0.115. The fourth-order valence-corrected chi connectivity index (χ4v) is 2.64. The van der Waals surface area contributed by atoms with Crippen molar-refractivity contribution < 1.29 is 9.18 Å². The van der Waals surface area contributed by atoms with Crippen molar-refractivity contribution >= 4 is 45.7 Å². The Hall–Kier alpha value is -2.44. The molecule has 5 nitrogen and oxygen atoms in total. The van der Waals surface area contributed by atoms with E-state index in [0.717, 1.165) is 6.07 Å². The lowest BCUT2D eigenvalue weighted by Crippen LogP contribution is -2.20. The number of fused-ring (bicyclic) bond motifs is 1. The van der Waals surface area contributed by atoms with Crippen LogP contribution >= 0.6 is 23.2 Å². The number of hydrogen-bond acceptors (Lipinski definition) is 3. The summed E-state index contributed by atoms with van der Waals surface area (Å²) in [5.74, 6) is -0.775. The summed E-state index contributed by atoms with van der Waals surface area (Å²) < 4.78 is 13.2. The maximum Gasteiger partial charge on any atom is 0.258 e. The van der Waals surface area contributed by atoms with Crippen LogP contribution < -0.4 is 10.9 Å². The molecule has 0 aliphatic carbocycles. The Balaban J connectivity index is 1.83. The Morgan fingerprint density at radius 3 is 2.75 bits per heavy atom. The van der Waals surface area contributed by atoms with Crippen LogP contribution in [-0.2, 0) is 11.2 Å². The molecule has 0 saturated heterocycles. The van der Waals surface area contributed by atoms with E-state index in [9.17, 15) is 14.0 Å². The van der Waals surface area contributed by atoms with E-state index in [0.29, 0.717) is 21.2 Å². The highest BCUT2D eigenvalue weighted by molar-refractivity contribution is 6.36. The predicted octanol–water partition coefficient (Wildman–Crippen LogP) is 3.55. The van der Waals surface area contributed by atoms with Crippen LogP contribution in [0.2, 0.25) is 10.0 Å². The van der Waals surface area contributed by atoms with Crippen LogP contribution in [0.1, 0.15) is 5.82 Å². The zero-order valence-electron chi connectivity index (χ0n) is 12.1. The van der Waals surface area contributed by atoms with Crippen LogP contribution in [0.3, 0.4) is 0 Å². The van der Waals surface area contributed by atoms with Gasteiger partial charge in [0.15, 0.2) is 0 Å². The van der Waals surface area contributed by atoms with Crippen molar-refractivity contribution in [1.29, 1.82) is 0 Å². The highest BCUT2D eigenvalue weighted by Crippen LogP contribution is 2.25. The molecule has 2 aromatic carbocycles. The number of halogens is 3. The molecule has 0 spiro atoms. The highest BCUT2D eigenvalue weighted by Gasteiger charge is 2.11. The van der Waals surface area contributed by atoms with Gasteiger partial charge in [-0.2, -0.15) is 0 Å². The van der Waals surface area contributed by atoms with Crippen LogP contribution in [0.15, 0.2) is 41.2 Å². The molecular formula is C16H10Cl2FN3O2. The van der Waals surface area contributed by atoms with Crippen molar-refractivity contribution in [3.8, 4) is 0 Å². The second-order valence-electron chi connectivity index (χ2n) is 5.02. The molecule has 0 fully saturated rings. The second-order valence-corrected chi connectivity index (χ2v) is 5.87. The molecule has 1 heterocycles. The predicted molar refractivity (Wildman–Crippen MR) is 91.1 cm³/mol. The summed E-state index contributed by atoms with van der Waals surface area (Å²) in [6.45, 7) is 0. The van der Waals surface area contributed by atoms with Crippen LogP contribution in [0.4, 0.5) is 10.1 Å². The van der Waals surface area contributed by atoms with Crippen molar-refractivity contribution in [2.75, 3.05) is 5.32 Å². The van der Waals surface area contributed by atoms with E-state index in [1.165, 1.54) is 18.2 Å². The Kier molecular flexibility index (Phi) is 4.51. The largest absolute Gasteiger partial charge is 0.324 e. The van der Waals surface area contributed by atoms with E-state index < -0.39 is 17.3 Å². The second kappa shape index (κ2) is 6.59. The minimum Gasteiger partial charge on any atom is -0.324 e. The van der Waals surface area contributed by atoms with Crippen molar-refractivity contribution in [2.24, 2.45) is 0 Å². The van der Waals surface area contributed by atoms with E-state index in [1.54, 1.807) is 12.1 Å². The third-order valence-electron chi connectivity index (χ3n) is 3.25. The summed E-state index contributed by atoms with van der Waals surface area (Å²) in [5, 5.41) is 3.48. The van der Waals surface area contributed by atoms with Crippen molar-refractivity contribution in [3.05, 3.63) is 68.4 Å². The van der Waals surface area contributed by atoms with Gasteiger partial charge >= 0.3 is 0 Å². The number of benzene rings is 2. The Morgan fingerprint density at radius 2 is 2.00 bits per heavy atom. The van der Waals surface area contributed by atoms with Crippen molar-refractivity contribution in [2.45, 2.75) is 6.42 Å². The molecule has 0 aliphatic rings. The Morgan fingerprint density at radius 1 is 1.21 bits per heavy atom. The summed E-state index contributed by atoms with van der Waals surface area (Å²) in [6, 6.07) is 8.35. The van der Waals surface area contributed by atoms with Crippen molar-refractivity contribution in [3.63, 3.8) is 0 Å². The Labute approximate surface area is 145 Å². The minimum absolute atomic E-state index is 0.125. The topological polar surface area (TPSA) is 74.8 Å². The quantitative estimate of drug-likeness (QED) is 0.745. The van der Waals surface area contributed by atoms with Gasteiger partial charge in [0.05, 0.1) is 28.0 Å². The van der Waals surface area contributed by atoms with Crippen LogP contribution in [0.5, 0.6) is 0 Å². The lowest BCUT2D eigenvalue weighted by Gasteiger charge is -2.07. The summed E-state index contributed by atoms with van der Waals surface area (Å²) in [4.78, 5) is 30.7. The van der Waals surface area contributed by atoms with Gasteiger partial charge in [0.2, 0.25) is 5.91 Å². The first kappa shape index (κ1) is 16.4. The van der Waals surface area contributed by atoms with Gasteiger partial charge in [0.25, 0.3) is 5.56 Å². The smallest absolute Gasteiger partial charge is 0.258 e. The number of carbonyl (C=O) groups excluding carboxylic acids is 1. The number of nitrogens with zero attached hydrogens (tertiary/aromatic N) is 1. The van der Waals surface area contributed by atoms with Crippen molar-refractivity contribution in [1.82, 2.24) is 9.97 Å². The monoisotopic (exact) mass is 365 g/mol. The average molecular weight is 366 g/mol. The first-order valence-electron chi connectivity index (χ1n) is 6.86. The van der Waals surface area contributed by atoms with Crippen LogP contribution in [-0.4, -0.2) is 15.9 Å². The van der Waals surface area contributed by atoms with Gasteiger partial charge in [-0.3, -0.25) is 9.59 Å². The zero-order chi connectivity index (χ0) is 17.3. The fourth-order valence-electron chi connectivity index (χ4n) is 2.18. The van der Waals surface area contributed by atoms with E-state index in [-0.39, 0.29) is 17.6 Å². The third-order valence-corrected chi connectivity index (χ3v) is 3.80. The molecule has 0 bridgehead atoms. The lowest BCUT2D eigenvalue weighted by atomic mass is 10.2. The van der Waals surface area contributed by atoms with Crippen LogP contribution in [0.25, 0.3) is 10.9 Å². The van der Waals surface area contributed by atoms with E-state index in [4.69, 9.17) is 23.2 Å². The standard InChI is InChI=1S/C16H10Cl2FN3O2/c17-8-1-3-13(11(18)5-8)21-15(23)7-14-20-12-4-2-9(19)6-10(12)16(24)22-14/h1-6H,7H2,(H,21,23)(H,20,22,24). The van der Waals surface area contributed by atoms with Gasteiger partial charge in [0, 0.05) is 5.02 Å². The molecule has 0 aliphatic heterocycles. The molecule has 24 heavy (non-hydrogen) atoms. The maximum absolute atomic E-state index is 13.2. The number of aromatic nitrogens is 2. The van der Waals surface area contributed by atoms with E-state index >= 15 is 0 Å². The first-order valence-corrected chi connectivity index (χ1v) is 7.61. The van der Waals surface area contributed by atoms with Gasteiger partial charge in [-0.1, -0.05) is 23.2 Å². The number of aromatic amines is 1. The molecule has 122 valence electrons. The number of nitrogens with one attached hydrogen (secondary N) is 2. The highest BCUT2D eigenvalue weighted by atomic mass is 35.5. The molecule has 8 heteroatoms. The van der Waals surface area contributed by atoms with Gasteiger partial charge < -0.3 is 10.3 Å². The molecule has 3 aromatic rings. The summed E-state index contributed by atoms with van der Waals surface area (Å²) in [5.41, 5.74) is 0.204. The summed E-state index contributed by atoms with van der Waals surface area (Å²) in [6.07, 6.45) is -0.165. The zero-order valence-corrected chi connectivity index (χ0v) is 13.6. The van der Waals surface area contributed by atoms with Gasteiger partial charge in [-0.05, 0) is 36.4 Å². The molecule has 0 saturated carbocycles. The number of hydrogen-bond donors (Lipinski definition) is 2. The normalized spacial score (nSPS) is 10.8. The molecule has 3 rings (SSSR count). The van der Waals surface area contributed by atoms with Gasteiger partial charge in [0.1, 0.15) is 11.6 Å². The first-order chi connectivity index (χ1) is 11.4. The number of amides is 1. The van der Waals surface area contributed by atoms with Gasteiger partial charge in [-0.15, -0.1) is 0 Å². The Bertz CT molecular complexity index is 1000. The molecule has 0 radical (unpaired) electrons. The fraction of sp³-hybridized carbons (Fsp3) is 0.0625. The summed E-state index contributed by atoms with van der Waals surface area (Å²) >= 11 is 11.8. The van der Waals surface area contributed by atoms with E-state index in [2.05, 4.69) is 15.3 Å². The molecule has 0 unspecified atom stereocenters. The SMILES string of the molecule is O=C(Cc1nc2ccc(F)cc2c(=O)[nH]1)Nc1ccc(Cl)cc1Cl. The van der Waals surface area contributed by atoms with Crippen LogP contribution in [0, 0.1) is 5.82 Å². The number of H-pyrrole nitrogens is 1. The molecule has 2 N–H and O–H groups in total. The summed E-state index contributed by atoms with van der Waals surface area (Å²) in [7, 11) is 0. The maximum atomic E-state index is 13.2. The number of carbonyl (C=O) groups is 1. The van der Waals surface area contributed by atoms with Gasteiger partial charge in [-0.25, -0.2) is 9.37 Å². The third kappa shape index (κ3) is 3.55. The number of rotatable bonds is 3. The molecular weight excluding hydrogens is 356 g/mol. The average Bonchev–Trinajstić information content (AvgIpc) is 2.51. The molecule has 0 atom stereocenters. The minimum atomic E-state index is -0.530.